The summed E-state index contributed by atoms with van der Waals surface area (Å²) >= 11 is 0. The van der Waals surface area contributed by atoms with Gasteiger partial charge in [0, 0.05) is 0 Å². The second kappa shape index (κ2) is 50.7. The summed E-state index contributed by atoms with van der Waals surface area (Å²) in [6.45, 7) is 3.49. The topological polar surface area (TPSA) is 189 Å². The molecule has 1 rings (SSSR count). The van der Waals surface area contributed by atoms with Crippen LogP contribution in [0.4, 0.5) is 0 Å². The molecular weight excluding hydrogens is 907 g/mol. The van der Waals surface area contributed by atoms with E-state index in [9.17, 15) is 40.5 Å². The van der Waals surface area contributed by atoms with Gasteiger partial charge in [0.2, 0.25) is 5.91 Å². The lowest BCUT2D eigenvalue weighted by Gasteiger charge is -2.40. The van der Waals surface area contributed by atoms with Gasteiger partial charge in [-0.3, -0.25) is 4.79 Å². The van der Waals surface area contributed by atoms with Crippen molar-refractivity contribution in [1.82, 2.24) is 5.32 Å². The van der Waals surface area contributed by atoms with Gasteiger partial charge in [-0.15, -0.1) is 0 Å². The molecule has 8 N–H and O–H groups in total. The predicted molar refractivity (Wildman–Crippen MR) is 298 cm³/mol. The average Bonchev–Trinajstić information content (AvgIpc) is 3.38. The number of nitrogens with one attached hydrogen (secondary N) is 1. The maximum absolute atomic E-state index is 13.2. The number of carbonyl (C=O) groups excluding carboxylic acids is 1. The molecule has 1 aliphatic heterocycles. The number of unbranched alkanes of at least 4 members (excludes halogenated alkanes) is 40. The summed E-state index contributed by atoms with van der Waals surface area (Å²) < 4.78 is 11.2. The van der Waals surface area contributed by atoms with E-state index in [1.54, 1.807) is 0 Å². The molecule has 1 amide bonds. The normalized spacial score (nSPS) is 20.0. The lowest BCUT2D eigenvalue weighted by Crippen LogP contribution is -2.60. The molecule has 11 heteroatoms. The highest BCUT2D eigenvalue weighted by molar-refractivity contribution is 5.80. The highest BCUT2D eigenvalue weighted by atomic mass is 16.7. The molecule has 11 nitrogen and oxygen atoms in total. The third-order valence-electron chi connectivity index (χ3n) is 15.3. The minimum atomic E-state index is -1.67. The monoisotopic (exact) mass is 1030 g/mol. The number of allylic oxidation sites excluding steroid dienone is 2. The minimum absolute atomic E-state index is 0.259. The lowest BCUT2D eigenvalue weighted by atomic mass is 9.98. The van der Waals surface area contributed by atoms with Crippen molar-refractivity contribution in [3.8, 4) is 0 Å². The fraction of sp³-hybridized carbons (Fsp3) is 0.951. The molecule has 0 aromatic carbocycles. The molecule has 9 atom stereocenters. The summed E-state index contributed by atoms with van der Waals surface area (Å²) in [5, 5.41) is 76.2. The van der Waals surface area contributed by atoms with Crippen molar-refractivity contribution in [1.29, 1.82) is 0 Å². The van der Waals surface area contributed by atoms with Crippen LogP contribution in [0.3, 0.4) is 0 Å². The van der Waals surface area contributed by atoms with E-state index in [1.165, 1.54) is 225 Å². The number of ether oxygens (including phenoxy) is 2. The van der Waals surface area contributed by atoms with E-state index in [0.29, 0.717) is 12.8 Å². The van der Waals surface area contributed by atoms with Crippen LogP contribution in [0.25, 0.3) is 0 Å². The van der Waals surface area contributed by atoms with Crippen LogP contribution in [0.2, 0.25) is 0 Å². The zero-order valence-electron chi connectivity index (χ0n) is 46.9. The van der Waals surface area contributed by atoms with E-state index < -0.39 is 74.2 Å². The third kappa shape index (κ3) is 38.4. The molecular formula is C61H119NO10. The minimum Gasteiger partial charge on any atom is -0.394 e. The maximum atomic E-state index is 13.2. The summed E-state index contributed by atoms with van der Waals surface area (Å²) in [5.41, 5.74) is 0. The Kier molecular flexibility index (Phi) is 48.4. The fourth-order valence-corrected chi connectivity index (χ4v) is 10.3. The number of aliphatic hydroxyl groups excluding tert-OH is 7. The Morgan fingerprint density at radius 3 is 1.19 bits per heavy atom. The summed E-state index contributed by atoms with van der Waals surface area (Å²) in [4.78, 5) is 13.2. The molecule has 1 heterocycles. The zero-order valence-corrected chi connectivity index (χ0v) is 46.9. The first-order valence-corrected chi connectivity index (χ1v) is 31.1. The molecule has 0 spiro atoms. The fourth-order valence-electron chi connectivity index (χ4n) is 10.3. The quantitative estimate of drug-likeness (QED) is 0.0215. The number of carbonyl (C=O) groups is 1. The molecule has 0 aromatic heterocycles. The lowest BCUT2D eigenvalue weighted by molar-refractivity contribution is -0.303. The first kappa shape index (κ1) is 68.9. The molecule has 1 aliphatic rings. The Labute approximate surface area is 442 Å². The second-order valence-electron chi connectivity index (χ2n) is 22.1. The summed E-state index contributed by atoms with van der Waals surface area (Å²) in [6.07, 6.45) is 48.5. The van der Waals surface area contributed by atoms with Crippen LogP contribution in [0, 0.1) is 0 Å². The van der Waals surface area contributed by atoms with Gasteiger partial charge in [-0.1, -0.05) is 276 Å². The van der Waals surface area contributed by atoms with Crippen molar-refractivity contribution >= 4 is 5.91 Å². The second-order valence-corrected chi connectivity index (χ2v) is 22.1. The largest absolute Gasteiger partial charge is 0.394 e. The van der Waals surface area contributed by atoms with Gasteiger partial charge >= 0.3 is 0 Å². The van der Waals surface area contributed by atoms with Gasteiger partial charge in [-0.25, -0.2) is 0 Å². The van der Waals surface area contributed by atoms with Gasteiger partial charge in [-0.2, -0.15) is 0 Å². The van der Waals surface area contributed by atoms with Crippen molar-refractivity contribution in [2.75, 3.05) is 13.2 Å². The summed E-state index contributed by atoms with van der Waals surface area (Å²) in [5.74, 6) is -0.700. The van der Waals surface area contributed by atoms with Gasteiger partial charge < -0.3 is 50.5 Å². The first-order chi connectivity index (χ1) is 35.2. The van der Waals surface area contributed by atoms with Gasteiger partial charge in [0.1, 0.15) is 36.6 Å². The van der Waals surface area contributed by atoms with Crippen molar-refractivity contribution in [3.05, 3.63) is 12.2 Å². The van der Waals surface area contributed by atoms with Gasteiger partial charge in [0.25, 0.3) is 0 Å². The molecule has 1 saturated heterocycles. The molecule has 0 aromatic rings. The SMILES string of the molecule is CCCCCCCCCCCCCCCCCCCCCCC/C=C/CCCC(O)C(O)C(COC1OC(CO)C(O)C(O)C1O)NC(=O)C(O)CCCCCCCCCCCCCCCCCCCCC. The van der Waals surface area contributed by atoms with Crippen molar-refractivity contribution < 1.29 is 50.0 Å². The van der Waals surface area contributed by atoms with Gasteiger partial charge in [0.15, 0.2) is 6.29 Å². The number of amides is 1. The Balaban J connectivity index is 2.28. The maximum Gasteiger partial charge on any atom is 0.249 e. The van der Waals surface area contributed by atoms with E-state index in [1.807, 2.05) is 0 Å². The molecule has 9 unspecified atom stereocenters. The first-order valence-electron chi connectivity index (χ1n) is 31.1. The van der Waals surface area contributed by atoms with E-state index in [2.05, 4.69) is 31.3 Å². The van der Waals surface area contributed by atoms with Crippen molar-refractivity contribution in [3.63, 3.8) is 0 Å². The van der Waals surface area contributed by atoms with Crippen LogP contribution < -0.4 is 5.32 Å². The van der Waals surface area contributed by atoms with Crippen molar-refractivity contribution in [2.45, 2.75) is 358 Å². The highest BCUT2D eigenvalue weighted by Crippen LogP contribution is 2.24. The van der Waals surface area contributed by atoms with Crippen LogP contribution >= 0.6 is 0 Å². The molecule has 0 aliphatic carbocycles. The number of hydrogen-bond acceptors (Lipinski definition) is 10. The Bertz CT molecular complexity index is 1180. The van der Waals surface area contributed by atoms with Gasteiger partial charge in [0.05, 0.1) is 25.4 Å². The van der Waals surface area contributed by atoms with Gasteiger partial charge in [-0.05, 0) is 38.5 Å². The van der Waals surface area contributed by atoms with Crippen LogP contribution in [-0.4, -0.2) is 110 Å². The average molecular weight is 1030 g/mol. The molecule has 72 heavy (non-hydrogen) atoms. The van der Waals surface area contributed by atoms with Crippen LogP contribution in [-0.2, 0) is 14.3 Å². The predicted octanol–water partition coefficient (Wildman–Crippen LogP) is 13.5. The van der Waals surface area contributed by atoms with E-state index in [0.717, 1.165) is 38.5 Å². The molecule has 0 radical (unpaired) electrons. The van der Waals surface area contributed by atoms with E-state index in [-0.39, 0.29) is 12.8 Å². The molecule has 0 saturated carbocycles. The summed E-state index contributed by atoms with van der Waals surface area (Å²) in [6, 6.07) is -1.18. The molecule has 0 bridgehead atoms. The van der Waals surface area contributed by atoms with Crippen molar-refractivity contribution in [2.24, 2.45) is 0 Å². The zero-order chi connectivity index (χ0) is 52.5. The Morgan fingerprint density at radius 2 is 0.819 bits per heavy atom. The Morgan fingerprint density at radius 1 is 0.472 bits per heavy atom. The van der Waals surface area contributed by atoms with Crippen LogP contribution in [0.5, 0.6) is 0 Å². The molecule has 1 fully saturated rings. The van der Waals surface area contributed by atoms with E-state index >= 15 is 0 Å². The van der Waals surface area contributed by atoms with Crippen LogP contribution in [0.15, 0.2) is 12.2 Å². The molecule has 428 valence electrons. The number of hydrogen-bond donors (Lipinski definition) is 8. The smallest absolute Gasteiger partial charge is 0.249 e. The van der Waals surface area contributed by atoms with Crippen LogP contribution in [0.1, 0.15) is 303 Å². The summed E-state index contributed by atoms with van der Waals surface area (Å²) in [7, 11) is 0. The third-order valence-corrected chi connectivity index (χ3v) is 15.3. The standard InChI is InChI=1S/C61H119NO10/c1-3-5-7-9-11-13-15-17-19-21-23-24-25-26-27-28-29-31-32-34-36-38-40-42-44-46-48-53(64)56(66)52(51-71-61-59(69)58(68)57(67)55(50-63)72-61)62-60(70)54(65)49-47-45-43-41-39-37-35-33-30-22-20-18-16-14-12-10-8-6-4-2/h40,42,52-59,61,63-69H,3-39,41,43-51H2,1-2H3,(H,62,70)/b42-40+. The Hall–Kier alpha value is -1.15. The number of rotatable bonds is 54. The van der Waals surface area contributed by atoms with E-state index in [4.69, 9.17) is 9.47 Å². The number of aliphatic hydroxyl groups is 7. The highest BCUT2D eigenvalue weighted by Gasteiger charge is 2.44.